The number of allylic oxidation sites excluding steroid dienone is 6. The van der Waals surface area contributed by atoms with E-state index >= 15 is 0 Å². The molecule has 0 fully saturated rings. The first-order valence-electron chi connectivity index (χ1n) is 5.49. The van der Waals surface area contributed by atoms with Crippen molar-refractivity contribution in [3.63, 3.8) is 0 Å². The molecule has 0 spiro atoms. The fraction of sp³-hybridized carbons (Fsp3) is 0.462. The van der Waals surface area contributed by atoms with Crippen molar-refractivity contribution in [1.82, 2.24) is 0 Å². The topological polar surface area (TPSA) is 44.1 Å². The fourth-order valence-electron chi connectivity index (χ4n) is 1.63. The molecule has 0 radical (unpaired) electrons. The van der Waals surface area contributed by atoms with Crippen LogP contribution in [0.5, 0.6) is 0 Å². The highest BCUT2D eigenvalue weighted by molar-refractivity contribution is 6.06. The molecule has 0 saturated carbocycles. The van der Waals surface area contributed by atoms with Gasteiger partial charge in [-0.15, -0.1) is 0 Å². The van der Waals surface area contributed by atoms with Crippen molar-refractivity contribution in [2.75, 3.05) is 0 Å². The number of hydrogen-bond donors (Lipinski definition) is 2. The van der Waals surface area contributed by atoms with Gasteiger partial charge in [0, 0.05) is 12.5 Å². The Labute approximate surface area is 91.5 Å². The lowest BCUT2D eigenvalue weighted by molar-refractivity contribution is 0.387. The second-order valence-electron chi connectivity index (χ2n) is 4.06. The quantitative estimate of drug-likeness (QED) is 0.532. The van der Waals surface area contributed by atoms with Crippen LogP contribution in [0.15, 0.2) is 35.6 Å². The van der Waals surface area contributed by atoms with E-state index in [1.807, 2.05) is 19.1 Å². The Kier molecular flexibility index (Phi) is 4.35. The van der Waals surface area contributed by atoms with Gasteiger partial charge >= 0.3 is 0 Å². The predicted molar refractivity (Wildman–Crippen MR) is 64.4 cm³/mol. The smallest absolute Gasteiger partial charge is 0.0943 e. The van der Waals surface area contributed by atoms with Gasteiger partial charge in [-0.2, -0.15) is 0 Å². The maximum absolute atomic E-state index is 9.49. The second-order valence-corrected chi connectivity index (χ2v) is 4.06. The van der Waals surface area contributed by atoms with Crippen molar-refractivity contribution in [1.29, 1.82) is 5.41 Å². The van der Waals surface area contributed by atoms with Gasteiger partial charge < -0.3 is 10.5 Å². The Morgan fingerprint density at radius 1 is 1.67 bits per heavy atom. The van der Waals surface area contributed by atoms with Crippen LogP contribution < -0.4 is 0 Å². The molecule has 1 rings (SSSR count). The van der Waals surface area contributed by atoms with Gasteiger partial charge in [-0.3, -0.25) is 0 Å². The Bertz CT molecular complexity index is 323. The maximum Gasteiger partial charge on any atom is 0.0943 e. The zero-order valence-corrected chi connectivity index (χ0v) is 9.46. The lowest BCUT2D eigenvalue weighted by atomic mass is 9.92. The molecular formula is C13H19NO. The molecule has 0 aromatic rings. The molecule has 0 saturated heterocycles. The van der Waals surface area contributed by atoms with Crippen LogP contribution in [0.25, 0.3) is 0 Å². The summed E-state index contributed by atoms with van der Waals surface area (Å²) in [6.07, 6.45) is 10.1. The van der Waals surface area contributed by atoms with Gasteiger partial charge in [-0.25, -0.2) is 0 Å². The molecule has 1 aliphatic carbocycles. The third-order valence-corrected chi connectivity index (χ3v) is 2.44. The fourth-order valence-corrected chi connectivity index (χ4v) is 1.63. The first-order valence-corrected chi connectivity index (χ1v) is 5.49. The molecule has 0 bridgehead atoms. The van der Waals surface area contributed by atoms with Crippen LogP contribution in [0.2, 0.25) is 0 Å². The Balaban J connectivity index is 2.65. The van der Waals surface area contributed by atoms with Gasteiger partial charge in [0.2, 0.25) is 0 Å². The number of nitrogens with one attached hydrogen (secondary N) is 1. The maximum atomic E-state index is 9.49. The summed E-state index contributed by atoms with van der Waals surface area (Å²) in [5.41, 5.74) is 1.45. The number of aliphatic hydroxyl groups is 1. The lowest BCUT2D eigenvalue weighted by Crippen LogP contribution is -2.06. The van der Waals surface area contributed by atoms with E-state index in [1.54, 1.807) is 6.08 Å². The Morgan fingerprint density at radius 3 is 3.00 bits per heavy atom. The van der Waals surface area contributed by atoms with Gasteiger partial charge in [-0.1, -0.05) is 32.1 Å². The van der Waals surface area contributed by atoms with Gasteiger partial charge in [-0.05, 0) is 24.3 Å². The molecule has 2 heteroatoms. The zero-order valence-electron chi connectivity index (χ0n) is 9.46. The molecule has 0 amide bonds. The summed E-state index contributed by atoms with van der Waals surface area (Å²) < 4.78 is 0. The normalized spacial score (nSPS) is 21.3. The summed E-state index contributed by atoms with van der Waals surface area (Å²) in [7, 11) is 0. The number of hydrogen-bond acceptors (Lipinski definition) is 2. The third kappa shape index (κ3) is 3.74. The SMILES string of the molecule is CCC/C(O)=C/C(=N)C1=CC=CC(C)C1. The first-order chi connectivity index (χ1) is 7.13. The van der Waals surface area contributed by atoms with E-state index in [0.717, 1.165) is 18.4 Å². The molecule has 1 atom stereocenters. The van der Waals surface area contributed by atoms with Crippen LogP contribution in [0, 0.1) is 11.3 Å². The minimum Gasteiger partial charge on any atom is -0.512 e. The minimum atomic E-state index is 0.311. The summed E-state index contributed by atoms with van der Waals surface area (Å²) >= 11 is 0. The van der Waals surface area contributed by atoms with Crippen LogP contribution in [0.1, 0.15) is 33.1 Å². The van der Waals surface area contributed by atoms with E-state index < -0.39 is 0 Å². The van der Waals surface area contributed by atoms with Crippen molar-refractivity contribution >= 4 is 5.71 Å². The van der Waals surface area contributed by atoms with E-state index in [1.165, 1.54) is 0 Å². The third-order valence-electron chi connectivity index (χ3n) is 2.44. The van der Waals surface area contributed by atoms with Crippen LogP contribution in [0.4, 0.5) is 0 Å². The minimum absolute atomic E-state index is 0.311. The van der Waals surface area contributed by atoms with Crippen LogP contribution in [-0.4, -0.2) is 10.8 Å². The van der Waals surface area contributed by atoms with Gasteiger partial charge in [0.05, 0.1) is 11.5 Å². The molecule has 2 N–H and O–H groups in total. The summed E-state index contributed by atoms with van der Waals surface area (Å²) in [5.74, 6) is 0.803. The molecule has 0 aliphatic heterocycles. The Hall–Kier alpha value is -1.31. The Morgan fingerprint density at radius 2 is 2.40 bits per heavy atom. The molecule has 0 heterocycles. The standard InChI is InChI=1S/C13H19NO/c1-3-5-12(15)9-13(14)11-7-4-6-10(2)8-11/h4,6-7,9-10,14-15H,3,5,8H2,1-2H3/b12-9-,14-13?. The largest absolute Gasteiger partial charge is 0.512 e. The molecule has 1 aliphatic rings. The highest BCUT2D eigenvalue weighted by atomic mass is 16.3. The average molecular weight is 205 g/mol. The van der Waals surface area contributed by atoms with Crippen LogP contribution >= 0.6 is 0 Å². The van der Waals surface area contributed by atoms with Crippen LogP contribution in [-0.2, 0) is 0 Å². The number of aliphatic hydroxyl groups excluding tert-OH is 1. The molecule has 15 heavy (non-hydrogen) atoms. The van der Waals surface area contributed by atoms with Gasteiger partial charge in [0.25, 0.3) is 0 Å². The van der Waals surface area contributed by atoms with Crippen molar-refractivity contribution in [3.8, 4) is 0 Å². The highest BCUT2D eigenvalue weighted by Gasteiger charge is 2.10. The monoisotopic (exact) mass is 205 g/mol. The lowest BCUT2D eigenvalue weighted by Gasteiger charge is -2.13. The van der Waals surface area contributed by atoms with Gasteiger partial charge in [0.1, 0.15) is 0 Å². The molecule has 0 aromatic carbocycles. The van der Waals surface area contributed by atoms with Crippen molar-refractivity contribution < 1.29 is 5.11 Å². The molecule has 1 unspecified atom stereocenters. The summed E-state index contributed by atoms with van der Waals surface area (Å²) in [4.78, 5) is 0. The van der Waals surface area contributed by atoms with Crippen molar-refractivity contribution in [2.24, 2.45) is 5.92 Å². The molecule has 0 aromatic heterocycles. The number of rotatable bonds is 4. The van der Waals surface area contributed by atoms with Crippen LogP contribution in [0.3, 0.4) is 0 Å². The predicted octanol–water partition coefficient (Wildman–Crippen LogP) is 3.77. The van der Waals surface area contributed by atoms with E-state index in [0.29, 0.717) is 23.8 Å². The second kappa shape index (κ2) is 5.54. The van der Waals surface area contributed by atoms with E-state index in [-0.39, 0.29) is 0 Å². The summed E-state index contributed by atoms with van der Waals surface area (Å²) in [6.45, 7) is 4.14. The van der Waals surface area contributed by atoms with E-state index in [9.17, 15) is 5.11 Å². The molecule has 82 valence electrons. The summed E-state index contributed by atoms with van der Waals surface area (Å²) in [5, 5.41) is 17.3. The van der Waals surface area contributed by atoms with Crippen molar-refractivity contribution in [2.45, 2.75) is 33.1 Å². The van der Waals surface area contributed by atoms with E-state index in [4.69, 9.17) is 5.41 Å². The zero-order chi connectivity index (χ0) is 11.3. The molecule has 2 nitrogen and oxygen atoms in total. The van der Waals surface area contributed by atoms with E-state index in [2.05, 4.69) is 13.0 Å². The molecular weight excluding hydrogens is 186 g/mol. The first kappa shape index (κ1) is 11.8. The average Bonchev–Trinajstić information content (AvgIpc) is 2.18. The van der Waals surface area contributed by atoms with Crippen molar-refractivity contribution in [3.05, 3.63) is 35.6 Å². The highest BCUT2D eigenvalue weighted by Crippen LogP contribution is 2.19. The summed E-state index contributed by atoms with van der Waals surface area (Å²) in [6, 6.07) is 0. The van der Waals surface area contributed by atoms with Gasteiger partial charge in [0.15, 0.2) is 0 Å².